The zero-order valence-electron chi connectivity index (χ0n) is 12.7. The first-order valence-electron chi connectivity index (χ1n) is 7.58. The third-order valence-corrected chi connectivity index (χ3v) is 4.08. The largest absolute Gasteiger partial charge is 1.00 e. The van der Waals surface area contributed by atoms with Crippen molar-refractivity contribution >= 4 is 15.9 Å². The Balaban J connectivity index is 0. The zero-order valence-corrected chi connectivity index (χ0v) is 16.4. The van der Waals surface area contributed by atoms with Gasteiger partial charge in [-0.25, -0.2) is 0 Å². The highest BCUT2D eigenvalue weighted by Crippen LogP contribution is 2.12. The van der Waals surface area contributed by atoms with Crippen LogP contribution < -0.4 is 24.0 Å². The van der Waals surface area contributed by atoms with Gasteiger partial charge in [-0.15, -0.1) is 0 Å². The predicted molar refractivity (Wildman–Crippen MR) is 82.9 cm³/mol. The summed E-state index contributed by atoms with van der Waals surface area (Å²) in [6.45, 7) is 8.61. The van der Waals surface area contributed by atoms with Crippen molar-refractivity contribution in [3.63, 3.8) is 0 Å². The van der Waals surface area contributed by atoms with Gasteiger partial charge in [-0.2, -0.15) is 0 Å². The maximum atomic E-state index is 3.61. The fourth-order valence-corrected chi connectivity index (χ4v) is 3.24. The molecule has 0 saturated carbocycles. The molecule has 0 radical (unpaired) electrons. The van der Waals surface area contributed by atoms with E-state index in [0.717, 1.165) is 5.33 Å². The molecule has 0 aliphatic carbocycles. The van der Waals surface area contributed by atoms with Crippen LogP contribution in [0.2, 0.25) is 0 Å². The summed E-state index contributed by atoms with van der Waals surface area (Å²) in [7, 11) is 2.44. The van der Waals surface area contributed by atoms with Crippen LogP contribution in [0, 0.1) is 0 Å². The number of unbranched alkanes of at least 4 members (excludes halogenated alkanes) is 6. The lowest BCUT2D eigenvalue weighted by molar-refractivity contribution is -0.907. The van der Waals surface area contributed by atoms with Crippen molar-refractivity contribution < 1.29 is 28.5 Å². The molecule has 0 atom stereocenters. The smallest absolute Gasteiger partial charge is 0.0883 e. The SMILES string of the molecule is CCCCCC[N+](C)(CCBr)CCCCCC.[I-]. The third kappa shape index (κ3) is 12.2. The van der Waals surface area contributed by atoms with Gasteiger partial charge in [-0.1, -0.05) is 55.5 Å². The minimum Gasteiger partial charge on any atom is -1.00 e. The molecule has 0 saturated heterocycles. The van der Waals surface area contributed by atoms with Crippen LogP contribution >= 0.6 is 15.9 Å². The molecule has 1 nitrogen and oxygen atoms in total. The third-order valence-electron chi connectivity index (χ3n) is 3.73. The van der Waals surface area contributed by atoms with Gasteiger partial charge >= 0.3 is 0 Å². The number of halogens is 2. The first-order chi connectivity index (χ1) is 8.18. The van der Waals surface area contributed by atoms with Gasteiger partial charge in [-0.3, -0.25) is 0 Å². The van der Waals surface area contributed by atoms with E-state index < -0.39 is 0 Å². The number of rotatable bonds is 12. The zero-order chi connectivity index (χ0) is 13.0. The lowest BCUT2D eigenvalue weighted by Crippen LogP contribution is -3.00. The fourth-order valence-electron chi connectivity index (χ4n) is 2.38. The maximum Gasteiger partial charge on any atom is 0.0883 e. The van der Waals surface area contributed by atoms with Crippen LogP contribution in [-0.2, 0) is 0 Å². The van der Waals surface area contributed by atoms with Crippen molar-refractivity contribution in [1.82, 2.24) is 0 Å². The number of nitrogens with zero attached hydrogens (tertiary/aromatic N) is 1. The summed E-state index contributed by atoms with van der Waals surface area (Å²) < 4.78 is 1.28. The van der Waals surface area contributed by atoms with Gasteiger partial charge in [0.25, 0.3) is 0 Å². The molecule has 0 bridgehead atoms. The summed E-state index contributed by atoms with van der Waals surface area (Å²) in [5.41, 5.74) is 0. The molecule has 0 rings (SSSR count). The molecule has 0 unspecified atom stereocenters. The Labute approximate surface area is 141 Å². The van der Waals surface area contributed by atoms with E-state index in [-0.39, 0.29) is 24.0 Å². The maximum absolute atomic E-state index is 3.61. The Morgan fingerprint density at radius 3 is 1.50 bits per heavy atom. The highest BCUT2D eigenvalue weighted by Gasteiger charge is 2.19. The van der Waals surface area contributed by atoms with Crippen molar-refractivity contribution in [3.8, 4) is 0 Å². The molecular formula is C15H33BrIN. The van der Waals surface area contributed by atoms with E-state index in [0.29, 0.717) is 0 Å². The average molecular weight is 434 g/mol. The van der Waals surface area contributed by atoms with Crippen molar-refractivity contribution in [3.05, 3.63) is 0 Å². The van der Waals surface area contributed by atoms with E-state index in [2.05, 4.69) is 36.8 Å². The molecule has 0 N–H and O–H groups in total. The Morgan fingerprint density at radius 2 is 1.17 bits per heavy atom. The van der Waals surface area contributed by atoms with E-state index in [9.17, 15) is 0 Å². The van der Waals surface area contributed by atoms with E-state index in [4.69, 9.17) is 0 Å². The molecule has 0 aromatic rings. The van der Waals surface area contributed by atoms with Crippen LogP contribution in [-0.4, -0.2) is 36.5 Å². The molecule has 0 amide bonds. The predicted octanol–water partition coefficient (Wildman–Crippen LogP) is 1.99. The van der Waals surface area contributed by atoms with Crippen molar-refractivity contribution in [2.45, 2.75) is 65.2 Å². The van der Waals surface area contributed by atoms with Crippen LogP contribution in [0.25, 0.3) is 0 Å². The standard InChI is InChI=1S/C15H33BrN.HI/c1-4-6-8-10-13-17(3,15-12-16)14-11-9-7-5-2;/h4-15H2,1-3H3;1H/q+1;/p-1. The van der Waals surface area contributed by atoms with Gasteiger partial charge in [0.05, 0.1) is 32.0 Å². The summed E-state index contributed by atoms with van der Waals surface area (Å²) in [5, 5.41) is 1.14. The first kappa shape index (κ1) is 21.5. The molecule has 0 aromatic carbocycles. The Kier molecular flexibility index (Phi) is 17.4. The van der Waals surface area contributed by atoms with Crippen LogP contribution in [0.1, 0.15) is 65.2 Å². The highest BCUT2D eigenvalue weighted by molar-refractivity contribution is 9.09. The Bertz CT molecular complexity index is 153. The van der Waals surface area contributed by atoms with Crippen molar-refractivity contribution in [1.29, 1.82) is 0 Å². The lowest BCUT2D eigenvalue weighted by atomic mass is 10.1. The molecule has 112 valence electrons. The second-order valence-electron chi connectivity index (χ2n) is 5.60. The molecule has 0 heterocycles. The van der Waals surface area contributed by atoms with Gasteiger partial charge in [0.2, 0.25) is 0 Å². The Morgan fingerprint density at radius 1 is 0.722 bits per heavy atom. The molecule has 0 aliphatic heterocycles. The van der Waals surface area contributed by atoms with Gasteiger partial charge < -0.3 is 28.5 Å². The number of quaternary nitrogens is 1. The number of alkyl halides is 1. The first-order valence-corrected chi connectivity index (χ1v) is 8.70. The molecule has 18 heavy (non-hydrogen) atoms. The molecular weight excluding hydrogens is 401 g/mol. The van der Waals surface area contributed by atoms with Crippen LogP contribution in [0.3, 0.4) is 0 Å². The quantitative estimate of drug-likeness (QED) is 0.191. The fraction of sp³-hybridized carbons (Fsp3) is 1.00. The number of hydrogen-bond acceptors (Lipinski definition) is 0. The van der Waals surface area contributed by atoms with Gasteiger partial charge in [0.1, 0.15) is 0 Å². The van der Waals surface area contributed by atoms with Crippen LogP contribution in [0.4, 0.5) is 0 Å². The molecule has 0 aromatic heterocycles. The lowest BCUT2D eigenvalue weighted by Gasteiger charge is -2.34. The minimum absolute atomic E-state index is 0. The minimum atomic E-state index is 0. The Hall–Kier alpha value is 1.17. The van der Waals surface area contributed by atoms with Crippen molar-refractivity contribution in [2.75, 3.05) is 32.0 Å². The number of hydrogen-bond donors (Lipinski definition) is 0. The molecule has 3 heteroatoms. The molecule has 0 fully saturated rings. The van der Waals surface area contributed by atoms with Gasteiger partial charge in [0, 0.05) is 0 Å². The van der Waals surface area contributed by atoms with E-state index >= 15 is 0 Å². The van der Waals surface area contributed by atoms with E-state index in [1.54, 1.807) is 0 Å². The monoisotopic (exact) mass is 433 g/mol. The average Bonchev–Trinajstić information content (AvgIpc) is 2.31. The second-order valence-corrected chi connectivity index (χ2v) is 6.39. The van der Waals surface area contributed by atoms with Gasteiger partial charge in [0.15, 0.2) is 0 Å². The van der Waals surface area contributed by atoms with Crippen molar-refractivity contribution in [2.24, 2.45) is 0 Å². The van der Waals surface area contributed by atoms with Gasteiger partial charge in [-0.05, 0) is 25.7 Å². The summed E-state index contributed by atoms with van der Waals surface area (Å²) in [4.78, 5) is 0. The topological polar surface area (TPSA) is 0 Å². The van der Waals surface area contributed by atoms with Crippen LogP contribution in [0.15, 0.2) is 0 Å². The summed E-state index contributed by atoms with van der Waals surface area (Å²) in [6.07, 6.45) is 11.2. The normalized spacial score (nSPS) is 11.3. The molecule has 0 spiro atoms. The summed E-state index contributed by atoms with van der Waals surface area (Å²) >= 11 is 3.61. The second kappa shape index (κ2) is 14.6. The van der Waals surface area contributed by atoms with Crippen LogP contribution in [0.5, 0.6) is 0 Å². The molecule has 0 aliphatic rings. The highest BCUT2D eigenvalue weighted by atomic mass is 127. The van der Waals surface area contributed by atoms with E-state index in [1.165, 1.54) is 75.5 Å². The summed E-state index contributed by atoms with van der Waals surface area (Å²) in [6, 6.07) is 0. The van der Waals surface area contributed by atoms with E-state index in [1.807, 2.05) is 0 Å². The summed E-state index contributed by atoms with van der Waals surface area (Å²) in [5.74, 6) is 0.